The van der Waals surface area contributed by atoms with Crippen molar-refractivity contribution in [1.29, 1.82) is 0 Å². The van der Waals surface area contributed by atoms with Crippen LogP contribution in [0.15, 0.2) is 29.6 Å². The van der Waals surface area contributed by atoms with E-state index in [1.165, 1.54) is 16.9 Å². The number of aromatic nitrogens is 1. The van der Waals surface area contributed by atoms with E-state index in [0.717, 1.165) is 24.3 Å². The van der Waals surface area contributed by atoms with Crippen molar-refractivity contribution in [2.75, 3.05) is 25.5 Å². The van der Waals surface area contributed by atoms with Crippen molar-refractivity contribution in [3.8, 4) is 11.3 Å². The van der Waals surface area contributed by atoms with Gasteiger partial charge in [0.25, 0.3) is 5.91 Å². The van der Waals surface area contributed by atoms with Gasteiger partial charge in [-0.15, -0.1) is 11.3 Å². The summed E-state index contributed by atoms with van der Waals surface area (Å²) in [7, 11) is 1.60. The van der Waals surface area contributed by atoms with Crippen LogP contribution >= 0.6 is 11.3 Å². The Balaban J connectivity index is 1.73. The number of aryl methyl sites for hydroxylation is 1. The van der Waals surface area contributed by atoms with Crippen molar-refractivity contribution in [1.82, 2.24) is 10.3 Å². The molecule has 0 aliphatic carbocycles. The van der Waals surface area contributed by atoms with Crippen LogP contribution in [0.3, 0.4) is 0 Å². The summed E-state index contributed by atoms with van der Waals surface area (Å²) in [6, 6.07) is 8.20. The molecule has 122 valence electrons. The van der Waals surface area contributed by atoms with Gasteiger partial charge in [0.05, 0.1) is 5.69 Å². The maximum Gasteiger partial charge on any atom is 0.258 e. The second kappa shape index (κ2) is 6.78. The van der Waals surface area contributed by atoms with Gasteiger partial charge in [0.1, 0.15) is 5.60 Å². The molecule has 1 aromatic carbocycles. The number of methoxy groups -OCH3 is 1. The molecule has 0 unspecified atom stereocenters. The molecule has 1 saturated heterocycles. The Labute approximate surface area is 140 Å². The molecule has 1 fully saturated rings. The number of hydrogen-bond donors (Lipinski definition) is 2. The Morgan fingerprint density at radius 3 is 2.65 bits per heavy atom. The Morgan fingerprint density at radius 2 is 2.00 bits per heavy atom. The Morgan fingerprint density at radius 1 is 1.30 bits per heavy atom. The number of anilines is 1. The van der Waals surface area contributed by atoms with E-state index in [4.69, 9.17) is 4.74 Å². The molecule has 23 heavy (non-hydrogen) atoms. The third-order valence-electron chi connectivity index (χ3n) is 4.29. The lowest BCUT2D eigenvalue weighted by Crippen LogP contribution is -2.51. The summed E-state index contributed by atoms with van der Waals surface area (Å²) in [5.74, 6) is -0.105. The van der Waals surface area contributed by atoms with Gasteiger partial charge in [0.15, 0.2) is 5.13 Å². The van der Waals surface area contributed by atoms with Crippen LogP contribution in [0.4, 0.5) is 5.13 Å². The van der Waals surface area contributed by atoms with Crippen molar-refractivity contribution in [3.63, 3.8) is 0 Å². The number of ether oxygens (including phenoxy) is 1. The first-order valence-electron chi connectivity index (χ1n) is 7.73. The first-order valence-corrected chi connectivity index (χ1v) is 8.61. The topological polar surface area (TPSA) is 63.2 Å². The maximum atomic E-state index is 12.6. The molecule has 2 aromatic rings. The Hall–Kier alpha value is -1.76. The average molecular weight is 331 g/mol. The van der Waals surface area contributed by atoms with Crippen LogP contribution in [-0.4, -0.2) is 36.7 Å². The van der Waals surface area contributed by atoms with E-state index < -0.39 is 5.60 Å². The minimum atomic E-state index is -0.749. The summed E-state index contributed by atoms with van der Waals surface area (Å²) >= 11 is 1.44. The zero-order valence-corrected chi connectivity index (χ0v) is 14.2. The van der Waals surface area contributed by atoms with Gasteiger partial charge in [-0.1, -0.05) is 29.8 Å². The second-order valence-electron chi connectivity index (χ2n) is 5.81. The number of piperidine rings is 1. The van der Waals surface area contributed by atoms with Crippen LogP contribution in [0.5, 0.6) is 0 Å². The number of hydrogen-bond acceptors (Lipinski definition) is 5. The van der Waals surface area contributed by atoms with E-state index in [9.17, 15) is 4.79 Å². The molecule has 0 radical (unpaired) electrons. The molecule has 2 N–H and O–H groups in total. The third-order valence-corrected chi connectivity index (χ3v) is 5.05. The van der Waals surface area contributed by atoms with Crippen molar-refractivity contribution in [2.45, 2.75) is 25.4 Å². The largest absolute Gasteiger partial charge is 0.368 e. The van der Waals surface area contributed by atoms with E-state index in [-0.39, 0.29) is 5.91 Å². The molecule has 2 heterocycles. The van der Waals surface area contributed by atoms with E-state index in [1.807, 2.05) is 17.5 Å². The first kappa shape index (κ1) is 16.1. The number of nitrogens with one attached hydrogen (secondary N) is 2. The Bertz CT molecular complexity index is 675. The fourth-order valence-electron chi connectivity index (χ4n) is 2.75. The molecule has 0 spiro atoms. The van der Waals surface area contributed by atoms with Gasteiger partial charge in [-0.25, -0.2) is 4.98 Å². The Kier molecular flexibility index (Phi) is 4.75. The molecule has 1 amide bonds. The SMILES string of the molecule is COC1(C(=O)Nc2nc(-c3ccc(C)cc3)cs2)CCNCC1. The van der Waals surface area contributed by atoms with E-state index in [2.05, 4.69) is 34.7 Å². The highest BCUT2D eigenvalue weighted by Crippen LogP contribution is 2.28. The maximum absolute atomic E-state index is 12.6. The summed E-state index contributed by atoms with van der Waals surface area (Å²) in [4.78, 5) is 17.1. The first-order chi connectivity index (χ1) is 11.1. The third kappa shape index (κ3) is 3.44. The van der Waals surface area contributed by atoms with Crippen LogP contribution in [0.2, 0.25) is 0 Å². The van der Waals surface area contributed by atoms with Gasteiger partial charge in [-0.05, 0) is 32.9 Å². The summed E-state index contributed by atoms with van der Waals surface area (Å²) in [6.07, 6.45) is 1.34. The van der Waals surface area contributed by atoms with E-state index in [0.29, 0.717) is 18.0 Å². The lowest BCUT2D eigenvalue weighted by atomic mass is 9.91. The number of thiazole rings is 1. The minimum Gasteiger partial charge on any atom is -0.368 e. The molecule has 6 heteroatoms. The summed E-state index contributed by atoms with van der Waals surface area (Å²) < 4.78 is 5.54. The predicted molar refractivity (Wildman–Crippen MR) is 92.8 cm³/mol. The van der Waals surface area contributed by atoms with Crippen LogP contribution in [0.1, 0.15) is 18.4 Å². The number of nitrogens with zero attached hydrogens (tertiary/aromatic N) is 1. The molecule has 3 rings (SSSR count). The van der Waals surface area contributed by atoms with Gasteiger partial charge in [0.2, 0.25) is 0 Å². The molecule has 1 aliphatic rings. The van der Waals surface area contributed by atoms with Gasteiger partial charge in [0, 0.05) is 18.1 Å². The van der Waals surface area contributed by atoms with E-state index in [1.54, 1.807) is 7.11 Å². The molecular formula is C17H21N3O2S. The quantitative estimate of drug-likeness (QED) is 0.904. The lowest BCUT2D eigenvalue weighted by molar-refractivity contribution is -0.140. The number of benzene rings is 1. The minimum absolute atomic E-state index is 0.105. The highest BCUT2D eigenvalue weighted by molar-refractivity contribution is 7.14. The molecular weight excluding hydrogens is 310 g/mol. The second-order valence-corrected chi connectivity index (χ2v) is 6.66. The summed E-state index contributed by atoms with van der Waals surface area (Å²) in [5.41, 5.74) is 2.39. The molecule has 0 atom stereocenters. The molecule has 0 bridgehead atoms. The van der Waals surface area contributed by atoms with Gasteiger partial charge >= 0.3 is 0 Å². The zero-order chi connectivity index (χ0) is 16.3. The summed E-state index contributed by atoms with van der Waals surface area (Å²) in [5, 5.41) is 8.74. The number of amides is 1. The van der Waals surface area contributed by atoms with Crippen molar-refractivity contribution < 1.29 is 9.53 Å². The molecule has 0 saturated carbocycles. The average Bonchev–Trinajstić information content (AvgIpc) is 3.04. The van der Waals surface area contributed by atoms with Crippen molar-refractivity contribution >= 4 is 22.4 Å². The number of rotatable bonds is 4. The van der Waals surface area contributed by atoms with E-state index >= 15 is 0 Å². The lowest BCUT2D eigenvalue weighted by Gasteiger charge is -2.34. The van der Waals surface area contributed by atoms with Crippen LogP contribution in [0.25, 0.3) is 11.3 Å². The fraction of sp³-hybridized carbons (Fsp3) is 0.412. The van der Waals surface area contributed by atoms with Gasteiger partial charge in [-0.3, -0.25) is 10.1 Å². The standard InChI is InChI=1S/C17H21N3O2S/c1-12-3-5-13(6-4-12)14-11-23-16(19-14)20-15(21)17(22-2)7-9-18-10-8-17/h3-6,11,18H,7-10H2,1-2H3,(H,19,20,21). The number of carbonyl (C=O) groups excluding carboxylic acids is 1. The van der Waals surface area contributed by atoms with Crippen molar-refractivity contribution in [3.05, 3.63) is 35.2 Å². The highest BCUT2D eigenvalue weighted by Gasteiger charge is 2.40. The molecule has 1 aromatic heterocycles. The zero-order valence-electron chi connectivity index (χ0n) is 13.4. The highest BCUT2D eigenvalue weighted by atomic mass is 32.1. The monoisotopic (exact) mass is 331 g/mol. The van der Waals surface area contributed by atoms with Crippen molar-refractivity contribution in [2.24, 2.45) is 0 Å². The van der Waals surface area contributed by atoms with Crippen LogP contribution in [-0.2, 0) is 9.53 Å². The summed E-state index contributed by atoms with van der Waals surface area (Å²) in [6.45, 7) is 3.63. The smallest absolute Gasteiger partial charge is 0.258 e. The van der Waals surface area contributed by atoms with Crippen LogP contribution in [0, 0.1) is 6.92 Å². The van der Waals surface area contributed by atoms with Gasteiger partial charge < -0.3 is 10.1 Å². The molecule has 1 aliphatic heterocycles. The fourth-order valence-corrected chi connectivity index (χ4v) is 3.47. The molecule has 5 nitrogen and oxygen atoms in total. The van der Waals surface area contributed by atoms with Gasteiger partial charge in [-0.2, -0.15) is 0 Å². The number of carbonyl (C=O) groups is 1. The predicted octanol–water partition coefficient (Wildman–Crippen LogP) is 2.83. The normalized spacial score (nSPS) is 17.0. The van der Waals surface area contributed by atoms with Crippen LogP contribution < -0.4 is 10.6 Å².